The summed E-state index contributed by atoms with van der Waals surface area (Å²) in [6.45, 7) is 2.74. The predicted octanol–water partition coefficient (Wildman–Crippen LogP) is 20.6. The van der Waals surface area contributed by atoms with Gasteiger partial charge in [-0.3, -0.25) is 4.79 Å². The van der Waals surface area contributed by atoms with E-state index in [0.29, 0.717) is 6.42 Å². The van der Waals surface area contributed by atoms with Gasteiger partial charge in [-0.1, -0.05) is 388 Å². The lowest BCUT2D eigenvalue weighted by Crippen LogP contribution is -2.65. The first kappa shape index (κ1) is 96.2. The lowest BCUT2D eigenvalue weighted by molar-refractivity contribution is -0.359. The molecule has 2 saturated heterocycles. The molecule has 14 nitrogen and oxygen atoms in total. The van der Waals surface area contributed by atoms with Gasteiger partial charge in [0.1, 0.15) is 48.8 Å². The summed E-state index contributed by atoms with van der Waals surface area (Å²) in [4.78, 5) is 13.4. The number of aliphatic hydroxyl groups is 8. The molecule has 2 heterocycles. The standard InChI is InChI=1S/C89H161NO13/c1-3-5-7-9-11-13-15-17-19-21-23-25-27-29-31-33-34-35-36-37-38-39-40-41-42-43-44-45-47-49-51-53-55-57-59-61-63-65-67-69-71-73-81(94)90-77(76-100-88-86(99)84(97)87(80(75-92)102-88)103-89-85(98)83(96)82(95)79(74-91)101-89)78(93)72-70-68-66-64-62-60-58-56-54-52-50-48-46-32-30-28-26-24-22-20-18-16-14-12-10-8-6-4-2/h5,7,11,13,17,19,23,25,29,31,34-35,70,72,77-80,82-89,91-93,95-99H,3-4,6,8-10,12,14-16,18,20-22,24,26-28,30,32-33,36-69,71,73-76H2,1-2H3,(H,90,94)/b7-5-,13-11-,19-17-,25-23-,31-29-,35-34-,72-70+. The van der Waals surface area contributed by atoms with Gasteiger partial charge in [-0.15, -0.1) is 0 Å². The van der Waals surface area contributed by atoms with Gasteiger partial charge < -0.3 is 65.1 Å². The Morgan fingerprint density at radius 1 is 0.359 bits per heavy atom. The highest BCUT2D eigenvalue weighted by Gasteiger charge is 2.51. The molecule has 2 fully saturated rings. The molecule has 14 heteroatoms. The molecule has 0 saturated carbocycles. The Labute approximate surface area is 631 Å². The van der Waals surface area contributed by atoms with Gasteiger partial charge in [0.15, 0.2) is 12.6 Å². The first-order valence-corrected chi connectivity index (χ1v) is 43.3. The maximum atomic E-state index is 13.4. The van der Waals surface area contributed by atoms with Crippen molar-refractivity contribution in [3.63, 3.8) is 0 Å². The van der Waals surface area contributed by atoms with E-state index in [0.717, 1.165) is 77.0 Å². The fraction of sp³-hybridized carbons (Fsp3) is 0.831. The van der Waals surface area contributed by atoms with Crippen molar-refractivity contribution in [2.75, 3.05) is 19.8 Å². The minimum Gasteiger partial charge on any atom is -0.394 e. The number of carbonyl (C=O) groups is 1. The van der Waals surface area contributed by atoms with Gasteiger partial charge in [0.2, 0.25) is 5.91 Å². The minimum atomic E-state index is -1.79. The number of hydrogen-bond acceptors (Lipinski definition) is 13. The van der Waals surface area contributed by atoms with Crippen LogP contribution in [0.2, 0.25) is 0 Å². The molecule has 0 spiro atoms. The highest BCUT2D eigenvalue weighted by Crippen LogP contribution is 2.30. The van der Waals surface area contributed by atoms with E-state index in [1.165, 1.54) is 276 Å². The summed E-state index contributed by atoms with van der Waals surface area (Å²) < 4.78 is 23.0. The Bertz CT molecular complexity index is 2060. The van der Waals surface area contributed by atoms with Crippen LogP contribution in [0.4, 0.5) is 0 Å². The van der Waals surface area contributed by atoms with E-state index in [-0.39, 0.29) is 18.9 Å². The van der Waals surface area contributed by atoms with E-state index >= 15 is 0 Å². The van der Waals surface area contributed by atoms with Crippen LogP contribution in [0.25, 0.3) is 0 Å². The van der Waals surface area contributed by atoms with Crippen LogP contribution in [-0.4, -0.2) is 140 Å². The van der Waals surface area contributed by atoms with Crippen LogP contribution in [0.3, 0.4) is 0 Å². The molecule has 2 aliphatic heterocycles. The summed E-state index contributed by atoms with van der Waals surface area (Å²) in [6, 6.07) is -0.918. The first-order chi connectivity index (χ1) is 50.6. The molecule has 0 aliphatic carbocycles. The zero-order valence-electron chi connectivity index (χ0n) is 66.1. The highest BCUT2D eigenvalue weighted by molar-refractivity contribution is 5.76. The van der Waals surface area contributed by atoms with Gasteiger partial charge in [0.25, 0.3) is 0 Å². The van der Waals surface area contributed by atoms with Gasteiger partial charge in [-0.2, -0.15) is 0 Å². The lowest BCUT2D eigenvalue weighted by Gasteiger charge is -2.46. The summed E-state index contributed by atoms with van der Waals surface area (Å²) in [5.74, 6) is -0.233. The minimum absolute atomic E-state index is 0.233. The van der Waals surface area contributed by atoms with Gasteiger partial charge >= 0.3 is 0 Å². The number of aliphatic hydroxyl groups excluding tert-OH is 8. The van der Waals surface area contributed by atoms with Crippen molar-refractivity contribution >= 4 is 5.91 Å². The summed E-state index contributed by atoms with van der Waals surface area (Å²) in [6.07, 6.45) is 85.4. The number of carbonyl (C=O) groups excluding carboxylic acids is 1. The van der Waals surface area contributed by atoms with Crippen LogP contribution in [-0.2, 0) is 23.7 Å². The van der Waals surface area contributed by atoms with Crippen LogP contribution in [0.1, 0.15) is 380 Å². The van der Waals surface area contributed by atoms with E-state index in [1.807, 2.05) is 6.08 Å². The van der Waals surface area contributed by atoms with Crippen molar-refractivity contribution in [1.82, 2.24) is 5.32 Å². The lowest BCUT2D eigenvalue weighted by atomic mass is 9.97. The number of allylic oxidation sites excluding steroid dienone is 13. The summed E-state index contributed by atoms with van der Waals surface area (Å²) in [5.41, 5.74) is 0. The Hall–Kier alpha value is -2.83. The molecule has 103 heavy (non-hydrogen) atoms. The second-order valence-electron chi connectivity index (χ2n) is 30.3. The molecule has 9 N–H and O–H groups in total. The second kappa shape index (κ2) is 72.1. The molecule has 0 radical (unpaired) electrons. The number of hydrogen-bond donors (Lipinski definition) is 9. The maximum Gasteiger partial charge on any atom is 0.220 e. The van der Waals surface area contributed by atoms with E-state index in [9.17, 15) is 45.6 Å². The Morgan fingerprint density at radius 3 is 1.03 bits per heavy atom. The monoisotopic (exact) mass is 1450 g/mol. The van der Waals surface area contributed by atoms with Crippen LogP contribution < -0.4 is 5.32 Å². The molecule has 600 valence electrons. The average molecular weight is 1450 g/mol. The van der Waals surface area contributed by atoms with E-state index in [1.54, 1.807) is 6.08 Å². The van der Waals surface area contributed by atoms with Crippen LogP contribution in [0.15, 0.2) is 85.1 Å². The van der Waals surface area contributed by atoms with Crippen molar-refractivity contribution in [3.05, 3.63) is 85.1 Å². The molecule has 0 aromatic heterocycles. The molecular weight excluding hydrogens is 1290 g/mol. The molecule has 12 unspecified atom stereocenters. The SMILES string of the molecule is CC/C=C\C/C=C\C/C=C\C/C=C\C/C=C\C/C=C\CCCCCCCCCCCCCCCCCCCCCCCCC(=O)NC(COC1OC(CO)C(OC2OC(CO)C(O)C(O)C2O)C(O)C1O)C(O)/C=C/CCCCCCCCCCCCCCCCCCCCCCCCCCCC. The van der Waals surface area contributed by atoms with Crippen molar-refractivity contribution in [3.8, 4) is 0 Å². The third kappa shape index (κ3) is 54.4. The number of nitrogens with one attached hydrogen (secondary N) is 1. The molecule has 0 aromatic rings. The second-order valence-corrected chi connectivity index (χ2v) is 30.3. The summed E-state index contributed by atoms with van der Waals surface area (Å²) in [7, 11) is 0. The Kier molecular flexibility index (Phi) is 67.3. The molecule has 12 atom stereocenters. The van der Waals surface area contributed by atoms with Gasteiger partial charge in [-0.25, -0.2) is 0 Å². The highest BCUT2D eigenvalue weighted by atomic mass is 16.7. The van der Waals surface area contributed by atoms with E-state index < -0.39 is 86.8 Å². The first-order valence-electron chi connectivity index (χ1n) is 43.3. The Morgan fingerprint density at radius 2 is 0.670 bits per heavy atom. The zero-order valence-corrected chi connectivity index (χ0v) is 66.1. The van der Waals surface area contributed by atoms with Crippen LogP contribution >= 0.6 is 0 Å². The molecule has 0 aromatic carbocycles. The molecular formula is C89H161NO13. The largest absolute Gasteiger partial charge is 0.394 e. The number of rotatable bonds is 73. The molecule has 2 rings (SSSR count). The average Bonchev–Trinajstić information content (AvgIpc) is 0.791. The zero-order chi connectivity index (χ0) is 74.4. The van der Waals surface area contributed by atoms with Crippen molar-refractivity contribution in [2.45, 2.75) is 453 Å². The molecule has 0 bridgehead atoms. The number of ether oxygens (including phenoxy) is 4. The fourth-order valence-electron chi connectivity index (χ4n) is 14.1. The van der Waals surface area contributed by atoms with Crippen molar-refractivity contribution < 1.29 is 64.6 Å². The smallest absolute Gasteiger partial charge is 0.220 e. The van der Waals surface area contributed by atoms with Crippen molar-refractivity contribution in [2.24, 2.45) is 0 Å². The normalized spacial score (nSPS) is 22.0. The molecule has 1 amide bonds. The van der Waals surface area contributed by atoms with Crippen LogP contribution in [0, 0.1) is 0 Å². The van der Waals surface area contributed by atoms with Gasteiger partial charge in [0.05, 0.1) is 32.0 Å². The van der Waals surface area contributed by atoms with E-state index in [2.05, 4.69) is 92.1 Å². The van der Waals surface area contributed by atoms with Gasteiger partial charge in [0, 0.05) is 6.42 Å². The predicted molar refractivity (Wildman–Crippen MR) is 429 cm³/mol. The molecule has 2 aliphatic rings. The third-order valence-electron chi connectivity index (χ3n) is 20.8. The summed E-state index contributed by atoms with van der Waals surface area (Å²) >= 11 is 0. The van der Waals surface area contributed by atoms with Crippen molar-refractivity contribution in [1.29, 1.82) is 0 Å². The Balaban J connectivity index is 1.57. The topological polar surface area (TPSA) is 228 Å². The number of amides is 1. The maximum absolute atomic E-state index is 13.4. The quantitative estimate of drug-likeness (QED) is 0.0204. The number of unbranched alkanes of at least 4 members (excludes halogenated alkanes) is 48. The summed E-state index contributed by atoms with van der Waals surface area (Å²) in [5, 5.41) is 87.8. The fourth-order valence-corrected chi connectivity index (χ4v) is 14.1. The van der Waals surface area contributed by atoms with Gasteiger partial charge in [-0.05, 0) is 70.6 Å². The third-order valence-corrected chi connectivity index (χ3v) is 20.8. The van der Waals surface area contributed by atoms with Crippen LogP contribution in [0.5, 0.6) is 0 Å². The van der Waals surface area contributed by atoms with E-state index in [4.69, 9.17) is 18.9 Å².